The van der Waals surface area contributed by atoms with Crippen LogP contribution in [0.5, 0.6) is 0 Å². The van der Waals surface area contributed by atoms with Crippen LogP contribution in [0.25, 0.3) is 0 Å². The molecule has 0 bridgehead atoms. The molecule has 0 aliphatic carbocycles. The van der Waals surface area contributed by atoms with Crippen molar-refractivity contribution in [1.29, 1.82) is 0 Å². The van der Waals surface area contributed by atoms with Crippen LogP contribution in [0.15, 0.2) is 0 Å². The highest BCUT2D eigenvalue weighted by Gasteiger charge is 1.94. The molecule has 0 fully saturated rings. The maximum atomic E-state index is 5.37. The van der Waals surface area contributed by atoms with E-state index in [2.05, 4.69) is 0 Å². The van der Waals surface area contributed by atoms with Crippen LogP contribution < -0.4 is 5.73 Å². The normalized spacial score (nSPS) is 9.08. The first-order valence-electron chi connectivity index (χ1n) is 4.58. The van der Waals surface area contributed by atoms with Gasteiger partial charge in [-0.05, 0) is 31.6 Å². The van der Waals surface area contributed by atoms with E-state index in [1.807, 2.05) is 0 Å². The van der Waals surface area contributed by atoms with Gasteiger partial charge >= 0.3 is 0 Å². The van der Waals surface area contributed by atoms with Crippen LogP contribution in [0.2, 0.25) is 0 Å². The molecule has 0 aromatic rings. The van der Waals surface area contributed by atoms with E-state index >= 15 is 0 Å². The Kier molecular flexibility index (Phi) is 14.6. The number of thiocarbonyl (C=S) groups is 1. The SMILES string of the molecule is COC(=S)CCCCCCCN.Cl. The zero-order valence-electron chi connectivity index (χ0n) is 8.25. The molecule has 4 heteroatoms. The maximum Gasteiger partial charge on any atom is 0.159 e. The van der Waals surface area contributed by atoms with Gasteiger partial charge in [0.15, 0.2) is 5.05 Å². The van der Waals surface area contributed by atoms with Crippen LogP contribution in [0, 0.1) is 0 Å². The molecule has 80 valence electrons. The molecule has 0 aliphatic rings. The summed E-state index contributed by atoms with van der Waals surface area (Å²) in [4.78, 5) is 0. The Bertz CT molecular complexity index is 122. The van der Waals surface area contributed by atoms with E-state index in [1.165, 1.54) is 19.3 Å². The van der Waals surface area contributed by atoms with Crippen LogP contribution in [-0.2, 0) is 4.74 Å². The first-order valence-corrected chi connectivity index (χ1v) is 4.99. The number of ether oxygens (including phenoxy) is 1. The van der Waals surface area contributed by atoms with E-state index in [1.54, 1.807) is 7.11 Å². The smallest absolute Gasteiger partial charge is 0.159 e. The minimum absolute atomic E-state index is 0. The Hall–Kier alpha value is 0.140. The maximum absolute atomic E-state index is 5.37. The molecule has 0 saturated heterocycles. The Labute approximate surface area is 92.6 Å². The summed E-state index contributed by atoms with van der Waals surface area (Å²) < 4.78 is 4.89. The summed E-state index contributed by atoms with van der Waals surface area (Å²) in [7, 11) is 1.64. The first kappa shape index (κ1) is 15.6. The Morgan fingerprint density at radius 2 is 1.69 bits per heavy atom. The van der Waals surface area contributed by atoms with Gasteiger partial charge in [-0.15, -0.1) is 12.4 Å². The second-order valence-electron chi connectivity index (χ2n) is 2.88. The summed E-state index contributed by atoms with van der Waals surface area (Å²) in [6.07, 6.45) is 6.98. The third-order valence-corrected chi connectivity index (χ3v) is 2.18. The molecule has 0 aromatic carbocycles. The fraction of sp³-hybridized carbons (Fsp3) is 0.889. The standard InChI is InChI=1S/C9H19NOS.ClH/c1-11-9(12)7-5-3-2-4-6-8-10;/h2-8,10H2,1H3;1H. The number of unbranched alkanes of at least 4 members (excludes halogenated alkanes) is 4. The van der Waals surface area contributed by atoms with Gasteiger partial charge in [0.1, 0.15) is 0 Å². The van der Waals surface area contributed by atoms with Crippen molar-refractivity contribution in [3.63, 3.8) is 0 Å². The molecule has 0 heterocycles. The first-order chi connectivity index (χ1) is 5.81. The van der Waals surface area contributed by atoms with Crippen LogP contribution in [-0.4, -0.2) is 18.7 Å². The molecule has 0 amide bonds. The van der Waals surface area contributed by atoms with Crippen molar-refractivity contribution in [2.24, 2.45) is 5.73 Å². The minimum atomic E-state index is 0. The lowest BCUT2D eigenvalue weighted by Crippen LogP contribution is -1.98. The lowest BCUT2D eigenvalue weighted by Gasteiger charge is -2.01. The Balaban J connectivity index is 0. The van der Waals surface area contributed by atoms with Gasteiger partial charge in [0.25, 0.3) is 0 Å². The molecule has 0 aliphatic heterocycles. The average molecular weight is 226 g/mol. The molecule has 0 aromatic heterocycles. The van der Waals surface area contributed by atoms with Gasteiger partial charge < -0.3 is 10.5 Å². The van der Waals surface area contributed by atoms with Gasteiger partial charge in [-0.25, -0.2) is 0 Å². The zero-order chi connectivity index (χ0) is 9.23. The van der Waals surface area contributed by atoms with E-state index < -0.39 is 0 Å². The molecular weight excluding hydrogens is 206 g/mol. The van der Waals surface area contributed by atoms with E-state index in [0.717, 1.165) is 30.9 Å². The van der Waals surface area contributed by atoms with Crippen LogP contribution >= 0.6 is 24.6 Å². The van der Waals surface area contributed by atoms with E-state index in [4.69, 9.17) is 22.7 Å². The van der Waals surface area contributed by atoms with Gasteiger partial charge in [-0.3, -0.25) is 0 Å². The van der Waals surface area contributed by atoms with Gasteiger partial charge in [-0.2, -0.15) is 0 Å². The number of hydrogen-bond acceptors (Lipinski definition) is 3. The summed E-state index contributed by atoms with van der Waals surface area (Å²) in [6.45, 7) is 0.816. The lowest BCUT2D eigenvalue weighted by molar-refractivity contribution is 0.399. The third-order valence-electron chi connectivity index (χ3n) is 1.81. The molecule has 2 nitrogen and oxygen atoms in total. The lowest BCUT2D eigenvalue weighted by atomic mass is 10.1. The number of halogens is 1. The highest BCUT2D eigenvalue weighted by Crippen LogP contribution is 2.05. The summed E-state index contributed by atoms with van der Waals surface area (Å²) in [5.41, 5.74) is 5.37. The summed E-state index contributed by atoms with van der Waals surface area (Å²) >= 11 is 4.91. The molecule has 2 N–H and O–H groups in total. The second kappa shape index (κ2) is 12.1. The van der Waals surface area contributed by atoms with Crippen LogP contribution in [0.4, 0.5) is 0 Å². The largest absolute Gasteiger partial charge is 0.490 e. The predicted octanol–water partition coefficient (Wildman–Crippen LogP) is 2.68. The summed E-state index contributed by atoms with van der Waals surface area (Å²) in [5, 5.41) is 0.730. The van der Waals surface area contributed by atoms with Crippen LogP contribution in [0.3, 0.4) is 0 Å². The molecule has 0 radical (unpaired) electrons. The number of methoxy groups -OCH3 is 1. The topological polar surface area (TPSA) is 35.2 Å². The highest BCUT2D eigenvalue weighted by atomic mass is 35.5. The van der Waals surface area contributed by atoms with Crippen molar-refractivity contribution in [3.05, 3.63) is 0 Å². The van der Waals surface area contributed by atoms with E-state index in [0.29, 0.717) is 0 Å². The fourth-order valence-corrected chi connectivity index (χ4v) is 1.19. The molecule has 0 atom stereocenters. The van der Waals surface area contributed by atoms with Crippen molar-refractivity contribution in [1.82, 2.24) is 0 Å². The summed E-state index contributed by atoms with van der Waals surface area (Å²) in [5.74, 6) is 0. The van der Waals surface area contributed by atoms with Crippen molar-refractivity contribution in [2.45, 2.75) is 38.5 Å². The average Bonchev–Trinajstić information content (AvgIpc) is 2.10. The molecule has 0 spiro atoms. The van der Waals surface area contributed by atoms with Crippen molar-refractivity contribution >= 4 is 29.7 Å². The number of rotatable bonds is 7. The van der Waals surface area contributed by atoms with Gasteiger partial charge in [-0.1, -0.05) is 19.3 Å². The van der Waals surface area contributed by atoms with Gasteiger partial charge in [0.05, 0.1) is 7.11 Å². The van der Waals surface area contributed by atoms with Gasteiger partial charge in [0, 0.05) is 6.42 Å². The number of hydrogen-bond donors (Lipinski definition) is 1. The van der Waals surface area contributed by atoms with E-state index in [-0.39, 0.29) is 12.4 Å². The Morgan fingerprint density at radius 1 is 1.15 bits per heavy atom. The quantitative estimate of drug-likeness (QED) is 0.535. The fourth-order valence-electron chi connectivity index (χ4n) is 1.05. The molecule has 0 unspecified atom stereocenters. The summed E-state index contributed by atoms with van der Waals surface area (Å²) in [6, 6.07) is 0. The molecule has 13 heavy (non-hydrogen) atoms. The van der Waals surface area contributed by atoms with Gasteiger partial charge in [0.2, 0.25) is 0 Å². The van der Waals surface area contributed by atoms with E-state index in [9.17, 15) is 0 Å². The van der Waals surface area contributed by atoms with Crippen molar-refractivity contribution in [3.8, 4) is 0 Å². The van der Waals surface area contributed by atoms with Crippen molar-refractivity contribution in [2.75, 3.05) is 13.7 Å². The minimum Gasteiger partial charge on any atom is -0.490 e. The third kappa shape index (κ3) is 12.1. The van der Waals surface area contributed by atoms with Crippen LogP contribution in [0.1, 0.15) is 38.5 Å². The molecular formula is C9H20ClNOS. The number of nitrogens with two attached hydrogens (primary N) is 1. The molecule has 0 saturated carbocycles. The Morgan fingerprint density at radius 3 is 2.23 bits per heavy atom. The predicted molar refractivity (Wildman–Crippen MR) is 63.6 cm³/mol. The molecule has 0 rings (SSSR count). The second-order valence-corrected chi connectivity index (χ2v) is 3.34. The highest BCUT2D eigenvalue weighted by molar-refractivity contribution is 7.80. The van der Waals surface area contributed by atoms with Crippen molar-refractivity contribution < 1.29 is 4.74 Å². The zero-order valence-corrected chi connectivity index (χ0v) is 9.88. The monoisotopic (exact) mass is 225 g/mol.